The summed E-state index contributed by atoms with van der Waals surface area (Å²) >= 11 is 0. The maximum absolute atomic E-state index is 12.5. The molecule has 0 spiro atoms. The molecular formula is C16H16O6S. The molecule has 0 radical (unpaired) electrons. The molecule has 0 atom stereocenters. The highest BCUT2D eigenvalue weighted by Gasteiger charge is 2.22. The van der Waals surface area contributed by atoms with E-state index in [2.05, 4.69) is 0 Å². The third kappa shape index (κ3) is 3.34. The molecule has 122 valence electrons. The van der Waals surface area contributed by atoms with Gasteiger partial charge in [0, 0.05) is 12.5 Å². The van der Waals surface area contributed by atoms with Gasteiger partial charge in [0.1, 0.15) is 4.90 Å². The molecule has 0 saturated carbocycles. The van der Waals surface area contributed by atoms with Crippen molar-refractivity contribution in [3.63, 3.8) is 0 Å². The lowest BCUT2D eigenvalue weighted by molar-refractivity contribution is 0.296. The maximum atomic E-state index is 12.5. The van der Waals surface area contributed by atoms with Gasteiger partial charge >= 0.3 is 10.1 Å². The average Bonchev–Trinajstić information content (AvgIpc) is 2.79. The second-order valence-corrected chi connectivity index (χ2v) is 6.39. The summed E-state index contributed by atoms with van der Waals surface area (Å²) in [6, 6.07) is 11.0. The molecular weight excluding hydrogens is 320 g/mol. The highest BCUT2D eigenvalue weighted by Crippen LogP contribution is 2.34. The molecule has 2 aromatic carbocycles. The van der Waals surface area contributed by atoms with Crippen LogP contribution in [0.1, 0.15) is 6.42 Å². The second kappa shape index (κ2) is 6.37. The van der Waals surface area contributed by atoms with Gasteiger partial charge in [-0.15, -0.1) is 0 Å². The van der Waals surface area contributed by atoms with Crippen molar-refractivity contribution < 1.29 is 26.8 Å². The average molecular weight is 336 g/mol. The van der Waals surface area contributed by atoms with E-state index in [1.807, 2.05) is 0 Å². The Bertz CT molecular complexity index is 800. The Labute approximate surface area is 134 Å². The third-order valence-corrected chi connectivity index (χ3v) is 4.51. The minimum absolute atomic E-state index is 0.00680. The number of rotatable bonds is 4. The van der Waals surface area contributed by atoms with Crippen molar-refractivity contribution in [2.24, 2.45) is 0 Å². The van der Waals surface area contributed by atoms with E-state index in [9.17, 15) is 8.42 Å². The lowest BCUT2D eigenvalue weighted by Gasteiger charge is -2.12. The number of methoxy groups -OCH3 is 1. The molecule has 0 aliphatic carbocycles. The van der Waals surface area contributed by atoms with E-state index in [1.165, 1.54) is 25.3 Å². The Morgan fingerprint density at radius 3 is 2.39 bits per heavy atom. The summed E-state index contributed by atoms with van der Waals surface area (Å²) in [7, 11) is -2.56. The van der Waals surface area contributed by atoms with E-state index in [4.69, 9.17) is 18.4 Å². The molecule has 7 heteroatoms. The number of hydrogen-bond acceptors (Lipinski definition) is 6. The Balaban J connectivity index is 1.92. The molecule has 0 saturated heterocycles. The molecule has 0 fully saturated rings. The first-order valence-corrected chi connectivity index (χ1v) is 8.48. The lowest BCUT2D eigenvalue weighted by atomic mass is 10.3. The first kappa shape index (κ1) is 15.5. The van der Waals surface area contributed by atoms with Gasteiger partial charge in [0.2, 0.25) is 0 Å². The van der Waals surface area contributed by atoms with Gasteiger partial charge in [0.25, 0.3) is 0 Å². The Hall–Kier alpha value is -2.41. The largest absolute Gasteiger partial charge is 0.493 e. The quantitative estimate of drug-likeness (QED) is 0.799. The van der Waals surface area contributed by atoms with Crippen molar-refractivity contribution in [1.82, 2.24) is 0 Å². The van der Waals surface area contributed by atoms with Crippen molar-refractivity contribution >= 4 is 10.1 Å². The van der Waals surface area contributed by atoms with Gasteiger partial charge in [0.05, 0.1) is 20.3 Å². The van der Waals surface area contributed by atoms with E-state index in [0.29, 0.717) is 30.5 Å². The predicted octanol–water partition coefficient (Wildman–Crippen LogP) is 2.62. The molecule has 0 N–H and O–H groups in total. The van der Waals surface area contributed by atoms with Crippen LogP contribution >= 0.6 is 0 Å². The van der Waals surface area contributed by atoms with Crippen LogP contribution in [-0.4, -0.2) is 28.7 Å². The topological polar surface area (TPSA) is 71.1 Å². The number of benzene rings is 2. The maximum Gasteiger partial charge on any atom is 0.339 e. The van der Waals surface area contributed by atoms with Gasteiger partial charge < -0.3 is 18.4 Å². The number of fused-ring (bicyclic) bond motifs is 1. The fraction of sp³-hybridized carbons (Fsp3) is 0.250. The molecule has 3 rings (SSSR count). The van der Waals surface area contributed by atoms with Crippen molar-refractivity contribution in [2.75, 3.05) is 20.3 Å². The minimum Gasteiger partial charge on any atom is -0.493 e. The number of ether oxygens (including phenoxy) is 3. The van der Waals surface area contributed by atoms with Crippen LogP contribution in [0, 0.1) is 0 Å². The Kier molecular flexibility index (Phi) is 4.29. The fourth-order valence-corrected chi connectivity index (χ4v) is 3.11. The molecule has 1 heterocycles. The summed E-state index contributed by atoms with van der Waals surface area (Å²) < 4.78 is 46.2. The zero-order valence-corrected chi connectivity index (χ0v) is 13.3. The fourth-order valence-electron chi connectivity index (χ4n) is 2.15. The molecule has 1 aliphatic heterocycles. The first-order valence-electron chi connectivity index (χ1n) is 7.07. The van der Waals surface area contributed by atoms with Crippen LogP contribution < -0.4 is 18.4 Å². The summed E-state index contributed by atoms with van der Waals surface area (Å²) in [6.07, 6.45) is 0.745. The zero-order valence-electron chi connectivity index (χ0n) is 12.5. The van der Waals surface area contributed by atoms with Crippen LogP contribution in [0.2, 0.25) is 0 Å². The van der Waals surface area contributed by atoms with Gasteiger partial charge in [-0.3, -0.25) is 0 Å². The summed E-state index contributed by atoms with van der Waals surface area (Å²) in [4.78, 5) is -0.00680. The smallest absolute Gasteiger partial charge is 0.339 e. The Morgan fingerprint density at radius 2 is 1.65 bits per heavy atom. The van der Waals surface area contributed by atoms with Crippen LogP contribution in [0.25, 0.3) is 0 Å². The van der Waals surface area contributed by atoms with Crippen molar-refractivity contribution in [2.45, 2.75) is 11.3 Å². The van der Waals surface area contributed by atoms with Gasteiger partial charge in [-0.25, -0.2) is 0 Å². The molecule has 23 heavy (non-hydrogen) atoms. The van der Waals surface area contributed by atoms with E-state index < -0.39 is 10.1 Å². The highest BCUT2D eigenvalue weighted by atomic mass is 32.2. The van der Waals surface area contributed by atoms with Crippen molar-refractivity contribution in [3.8, 4) is 23.0 Å². The van der Waals surface area contributed by atoms with E-state index in [0.717, 1.165) is 6.42 Å². The number of hydrogen-bond donors (Lipinski definition) is 0. The van der Waals surface area contributed by atoms with Crippen molar-refractivity contribution in [1.29, 1.82) is 0 Å². The monoisotopic (exact) mass is 336 g/mol. The van der Waals surface area contributed by atoms with Crippen LogP contribution in [0.3, 0.4) is 0 Å². The lowest BCUT2D eigenvalue weighted by Crippen LogP contribution is -2.10. The SMILES string of the molecule is COc1ccccc1OS(=O)(=O)c1ccc2c(c1)OCCCO2. The minimum atomic E-state index is -4.01. The van der Waals surface area contributed by atoms with Gasteiger partial charge in [-0.1, -0.05) is 12.1 Å². The van der Waals surface area contributed by atoms with Crippen LogP contribution in [0.4, 0.5) is 0 Å². The van der Waals surface area contributed by atoms with Crippen LogP contribution in [0.15, 0.2) is 47.4 Å². The molecule has 1 aliphatic rings. The first-order chi connectivity index (χ1) is 11.1. The molecule has 0 aromatic heterocycles. The third-order valence-electron chi connectivity index (χ3n) is 3.28. The highest BCUT2D eigenvalue weighted by molar-refractivity contribution is 7.87. The van der Waals surface area contributed by atoms with Gasteiger partial charge in [-0.05, 0) is 24.3 Å². The number of para-hydroxylation sites is 2. The van der Waals surface area contributed by atoms with Gasteiger partial charge in [-0.2, -0.15) is 8.42 Å². The van der Waals surface area contributed by atoms with Gasteiger partial charge in [0.15, 0.2) is 23.0 Å². The van der Waals surface area contributed by atoms with Crippen LogP contribution in [0.5, 0.6) is 23.0 Å². The summed E-state index contributed by atoms with van der Waals surface area (Å²) in [5.74, 6) is 1.39. The molecule has 0 unspecified atom stereocenters. The van der Waals surface area contributed by atoms with E-state index >= 15 is 0 Å². The molecule has 0 bridgehead atoms. The molecule has 2 aromatic rings. The van der Waals surface area contributed by atoms with Crippen LogP contribution in [-0.2, 0) is 10.1 Å². The van der Waals surface area contributed by atoms with E-state index in [-0.39, 0.29) is 10.6 Å². The summed E-state index contributed by atoms with van der Waals surface area (Å²) in [5, 5.41) is 0. The van der Waals surface area contributed by atoms with Crippen molar-refractivity contribution in [3.05, 3.63) is 42.5 Å². The Morgan fingerprint density at radius 1 is 0.957 bits per heavy atom. The molecule has 0 amide bonds. The normalized spacial score (nSPS) is 14.0. The summed E-state index contributed by atoms with van der Waals surface area (Å²) in [6.45, 7) is 1.01. The zero-order chi connectivity index (χ0) is 16.3. The second-order valence-electron chi connectivity index (χ2n) is 4.85. The standard InChI is InChI=1S/C16H16O6S/c1-19-13-5-2-3-6-15(13)22-23(17,18)12-7-8-14-16(11-12)21-10-4-9-20-14/h2-3,5-8,11H,4,9-10H2,1H3. The summed E-state index contributed by atoms with van der Waals surface area (Å²) in [5.41, 5.74) is 0. The van der Waals surface area contributed by atoms with E-state index in [1.54, 1.807) is 24.3 Å². The molecule has 6 nitrogen and oxygen atoms in total. The predicted molar refractivity (Wildman–Crippen MR) is 82.9 cm³/mol.